The number of anilines is 1. The Bertz CT molecular complexity index is 1970. The van der Waals surface area contributed by atoms with Crippen LogP contribution in [0.2, 0.25) is 9.36 Å². The number of carbonyl (C=O) groups is 1. The molecule has 4 aromatic rings. The van der Waals surface area contributed by atoms with Gasteiger partial charge in [-0.3, -0.25) is 0 Å². The van der Waals surface area contributed by atoms with Crippen LogP contribution in [-0.4, -0.2) is 63.9 Å². The largest absolute Gasteiger partial charge is 0.497 e. The first-order valence-corrected chi connectivity index (χ1v) is 18.8. The number of benzene rings is 3. The van der Waals surface area contributed by atoms with Gasteiger partial charge in [0.05, 0.1) is 33.6 Å². The highest BCUT2D eigenvalue weighted by Gasteiger charge is 2.36. The van der Waals surface area contributed by atoms with Gasteiger partial charge in [-0.1, -0.05) is 46.7 Å². The van der Waals surface area contributed by atoms with Gasteiger partial charge < -0.3 is 23.8 Å². The summed E-state index contributed by atoms with van der Waals surface area (Å²) in [6.45, 7) is 5.49. The molecule has 0 bridgehead atoms. The minimum atomic E-state index is -4.77. The van der Waals surface area contributed by atoms with E-state index in [9.17, 15) is 13.2 Å². The van der Waals surface area contributed by atoms with Crippen LogP contribution in [-0.2, 0) is 21.3 Å². The molecule has 16 heteroatoms. The minimum absolute atomic E-state index is 0.0712. The third-order valence-electron chi connectivity index (χ3n) is 8.18. The summed E-state index contributed by atoms with van der Waals surface area (Å²) in [5.41, 5.74) is 0.638. The summed E-state index contributed by atoms with van der Waals surface area (Å²) in [4.78, 5) is 17.7. The molecule has 0 aliphatic carbocycles. The minimum Gasteiger partial charge on any atom is -0.497 e. The molecular formula is C35H37Cl2F2N3O7S2. The number of piperidine rings is 1. The Morgan fingerprint density at radius 3 is 2.37 bits per heavy atom. The van der Waals surface area contributed by atoms with E-state index >= 15 is 8.78 Å². The van der Waals surface area contributed by atoms with Crippen LogP contribution in [0.4, 0.5) is 18.7 Å². The average molecular weight is 785 g/mol. The number of aromatic nitrogens is 1. The highest BCUT2D eigenvalue weighted by atomic mass is 35.5. The summed E-state index contributed by atoms with van der Waals surface area (Å²) in [5.74, 6) is -2.53. The topological polar surface area (TPSA) is 108 Å². The first-order chi connectivity index (χ1) is 24.1. The number of hydrogen-bond acceptors (Lipinski definition) is 9. The molecular weight excluding hydrogens is 747 g/mol. The first kappa shape index (κ1) is 38.4. The van der Waals surface area contributed by atoms with Crippen molar-refractivity contribution in [2.24, 2.45) is 5.92 Å². The van der Waals surface area contributed by atoms with Crippen molar-refractivity contribution < 1.29 is 40.9 Å². The van der Waals surface area contributed by atoms with Gasteiger partial charge in [-0.2, -0.15) is 0 Å². The third-order valence-corrected chi connectivity index (χ3v) is 11.4. The van der Waals surface area contributed by atoms with Crippen molar-refractivity contribution in [1.29, 1.82) is 0 Å². The molecule has 0 spiro atoms. The van der Waals surface area contributed by atoms with Crippen LogP contribution < -0.4 is 18.5 Å². The maximum absolute atomic E-state index is 15.8. The zero-order valence-electron chi connectivity index (χ0n) is 28.5. The molecule has 3 aromatic carbocycles. The standard InChI is InChI=1S/C35H37Cl2F2N3O7S2/c1-35(2,3)49-34(43)41-13-12-26(21-6-9-24(36)10-7-21)23(18-41)20-48-30-15-28(39)31(16-27(30)38)51(44,45)42(33-40-17-32(37)50-33)19-22-8-11-25(46-4)14-29(22)47-5/h6-11,14-17,23,26H,12-13,18-20H2,1-5H3/t23-,26-/m1/s1. The molecule has 0 unspecified atom stereocenters. The first-order valence-electron chi connectivity index (χ1n) is 15.8. The molecule has 10 nitrogen and oxygen atoms in total. The van der Waals surface area contributed by atoms with E-state index in [1.54, 1.807) is 56.0 Å². The second-order valence-corrected chi connectivity index (χ2v) is 16.7. The third kappa shape index (κ3) is 9.15. The molecule has 1 saturated heterocycles. The Morgan fingerprint density at radius 1 is 1.02 bits per heavy atom. The van der Waals surface area contributed by atoms with E-state index in [0.717, 1.165) is 21.2 Å². The predicted octanol–water partition coefficient (Wildman–Crippen LogP) is 8.56. The highest BCUT2D eigenvalue weighted by molar-refractivity contribution is 7.93. The zero-order valence-corrected chi connectivity index (χ0v) is 31.6. The molecule has 1 aliphatic heterocycles. The van der Waals surface area contributed by atoms with Crippen LogP contribution in [0.15, 0.2) is 65.7 Å². The van der Waals surface area contributed by atoms with E-state index in [1.165, 1.54) is 20.4 Å². The quantitative estimate of drug-likeness (QED) is 0.149. The molecule has 5 rings (SSSR count). The lowest BCUT2D eigenvalue weighted by atomic mass is 9.81. The smallest absolute Gasteiger partial charge is 0.410 e. The molecule has 0 saturated carbocycles. The van der Waals surface area contributed by atoms with Gasteiger partial charge in [0, 0.05) is 47.8 Å². The predicted molar refractivity (Wildman–Crippen MR) is 192 cm³/mol. The van der Waals surface area contributed by atoms with Crippen molar-refractivity contribution in [3.8, 4) is 17.2 Å². The van der Waals surface area contributed by atoms with Crippen molar-refractivity contribution in [1.82, 2.24) is 9.88 Å². The van der Waals surface area contributed by atoms with Gasteiger partial charge in [-0.25, -0.2) is 31.3 Å². The van der Waals surface area contributed by atoms with Gasteiger partial charge in [0.2, 0.25) is 5.13 Å². The number of hydrogen-bond donors (Lipinski definition) is 0. The van der Waals surface area contributed by atoms with Crippen molar-refractivity contribution in [3.05, 3.63) is 92.9 Å². The van der Waals surface area contributed by atoms with Crippen LogP contribution in [0, 0.1) is 17.6 Å². The van der Waals surface area contributed by atoms with Crippen LogP contribution >= 0.6 is 34.5 Å². The lowest BCUT2D eigenvalue weighted by molar-refractivity contribution is 0.0110. The average Bonchev–Trinajstić information content (AvgIpc) is 3.52. The maximum Gasteiger partial charge on any atom is 0.410 e. The zero-order chi connectivity index (χ0) is 37.1. The Labute approximate surface area is 309 Å². The Hall–Kier alpha value is -3.85. The Balaban J connectivity index is 1.42. The second-order valence-electron chi connectivity index (χ2n) is 12.8. The number of thiazole rings is 1. The number of amides is 1. The number of sulfonamides is 1. The SMILES string of the molecule is COc1ccc(CN(c2ncc(Cl)s2)S(=O)(=O)c2cc(F)c(OC[C@H]3CN(C(=O)OC(C)(C)C)CC[C@@H]3c3ccc(Cl)cc3)cc2F)c(OC)c1. The molecule has 274 valence electrons. The fraction of sp³-hybridized carbons (Fsp3) is 0.371. The van der Waals surface area contributed by atoms with E-state index in [0.29, 0.717) is 47.2 Å². The Morgan fingerprint density at radius 2 is 1.75 bits per heavy atom. The summed E-state index contributed by atoms with van der Waals surface area (Å²) < 4.78 is 82.8. The van der Waals surface area contributed by atoms with Gasteiger partial charge in [-0.15, -0.1) is 0 Å². The summed E-state index contributed by atoms with van der Waals surface area (Å²) in [6, 6.07) is 13.3. The molecule has 2 atom stereocenters. The second kappa shape index (κ2) is 15.8. The van der Waals surface area contributed by atoms with Crippen molar-refractivity contribution >= 4 is 55.8 Å². The molecule has 1 aliphatic rings. The fourth-order valence-corrected chi connectivity index (χ4v) is 8.43. The number of likely N-dealkylation sites (tertiary alicyclic amines) is 1. The summed E-state index contributed by atoms with van der Waals surface area (Å²) in [6.07, 6.45) is 1.32. The van der Waals surface area contributed by atoms with E-state index in [1.807, 2.05) is 12.1 Å². The Kier molecular flexibility index (Phi) is 11.9. The number of nitrogens with zero attached hydrogens (tertiary/aromatic N) is 3. The van der Waals surface area contributed by atoms with Crippen molar-refractivity contribution in [2.75, 3.05) is 38.2 Å². The van der Waals surface area contributed by atoms with Crippen LogP contribution in [0.1, 0.15) is 44.2 Å². The summed E-state index contributed by atoms with van der Waals surface area (Å²) in [7, 11) is -1.89. The molecule has 1 aromatic heterocycles. The van der Waals surface area contributed by atoms with Gasteiger partial charge in [0.1, 0.15) is 32.1 Å². The molecule has 51 heavy (non-hydrogen) atoms. The molecule has 1 fully saturated rings. The monoisotopic (exact) mass is 783 g/mol. The lowest BCUT2D eigenvalue weighted by Crippen LogP contribution is -2.46. The normalized spacial score (nSPS) is 16.5. The summed E-state index contributed by atoms with van der Waals surface area (Å²) >= 11 is 13.1. The number of carbonyl (C=O) groups excluding carboxylic acids is 1. The van der Waals surface area contributed by atoms with Gasteiger partial charge in [0.25, 0.3) is 10.0 Å². The molecule has 1 amide bonds. The number of methoxy groups -OCH3 is 2. The van der Waals surface area contributed by atoms with Crippen LogP contribution in [0.5, 0.6) is 17.2 Å². The summed E-state index contributed by atoms with van der Waals surface area (Å²) in [5, 5.41) is 0.489. The number of rotatable bonds is 11. The van der Waals surface area contributed by atoms with Crippen molar-refractivity contribution in [2.45, 2.75) is 50.2 Å². The van der Waals surface area contributed by atoms with Crippen molar-refractivity contribution in [3.63, 3.8) is 0 Å². The number of halogens is 4. The van der Waals surface area contributed by atoms with Crippen LogP contribution in [0.3, 0.4) is 0 Å². The maximum atomic E-state index is 15.8. The lowest BCUT2D eigenvalue weighted by Gasteiger charge is -2.39. The molecule has 2 heterocycles. The molecule has 0 N–H and O–H groups in total. The van der Waals surface area contributed by atoms with E-state index in [-0.39, 0.29) is 41.0 Å². The fourth-order valence-electron chi connectivity index (χ4n) is 5.73. The van der Waals surface area contributed by atoms with E-state index in [2.05, 4.69) is 4.98 Å². The van der Waals surface area contributed by atoms with Gasteiger partial charge in [-0.05, 0) is 62.9 Å². The van der Waals surface area contributed by atoms with Crippen LogP contribution in [0.25, 0.3) is 0 Å². The van der Waals surface area contributed by atoms with Gasteiger partial charge in [0.15, 0.2) is 11.6 Å². The highest BCUT2D eigenvalue weighted by Crippen LogP contribution is 2.38. The van der Waals surface area contributed by atoms with Gasteiger partial charge >= 0.3 is 6.09 Å². The van der Waals surface area contributed by atoms with E-state index < -0.39 is 44.0 Å². The number of ether oxygens (including phenoxy) is 4. The molecule has 0 radical (unpaired) electrons. The van der Waals surface area contributed by atoms with E-state index in [4.69, 9.17) is 42.1 Å².